The van der Waals surface area contributed by atoms with Crippen LogP contribution in [0.4, 0.5) is 0 Å². The standard InChI is InChI=1S/C19H29NO3S/c1-2-15-13-16-17(24-15)3-10-23-19(16)4-8-20(9-5-19)14-18(21)6-11-22-12-7-18/h13,21H,2-12,14H2,1H3. The second-order valence-corrected chi connectivity index (χ2v) is 8.83. The highest BCUT2D eigenvalue weighted by Crippen LogP contribution is 2.45. The minimum atomic E-state index is -0.556. The van der Waals surface area contributed by atoms with Crippen LogP contribution in [0.3, 0.4) is 0 Å². The minimum Gasteiger partial charge on any atom is -0.388 e. The summed E-state index contributed by atoms with van der Waals surface area (Å²) in [5.74, 6) is 0. The van der Waals surface area contributed by atoms with E-state index in [1.54, 1.807) is 4.88 Å². The lowest BCUT2D eigenvalue weighted by Crippen LogP contribution is -2.52. The molecule has 3 aliphatic rings. The molecule has 0 aromatic carbocycles. The molecule has 0 radical (unpaired) electrons. The van der Waals surface area contributed by atoms with E-state index in [0.717, 1.165) is 64.8 Å². The number of likely N-dealkylation sites (tertiary alicyclic amines) is 1. The third-order valence-electron chi connectivity index (χ3n) is 6.01. The van der Waals surface area contributed by atoms with Crippen LogP contribution in [-0.4, -0.2) is 55.1 Å². The molecule has 0 atom stereocenters. The molecule has 0 amide bonds. The fourth-order valence-corrected chi connectivity index (χ4v) is 5.64. The number of aryl methyl sites for hydroxylation is 1. The number of fused-ring (bicyclic) bond motifs is 2. The van der Waals surface area contributed by atoms with Crippen molar-refractivity contribution in [1.29, 1.82) is 0 Å². The highest BCUT2D eigenvalue weighted by Gasteiger charge is 2.43. The van der Waals surface area contributed by atoms with E-state index >= 15 is 0 Å². The van der Waals surface area contributed by atoms with Gasteiger partial charge in [0.15, 0.2) is 0 Å². The SMILES string of the molecule is CCc1cc2c(s1)CCOC21CCN(CC2(O)CCOCC2)CC1. The summed E-state index contributed by atoms with van der Waals surface area (Å²) >= 11 is 1.98. The van der Waals surface area contributed by atoms with E-state index in [4.69, 9.17) is 9.47 Å². The second kappa shape index (κ2) is 6.69. The summed E-state index contributed by atoms with van der Waals surface area (Å²) < 4.78 is 11.8. The van der Waals surface area contributed by atoms with Gasteiger partial charge in [0.2, 0.25) is 0 Å². The van der Waals surface area contributed by atoms with Gasteiger partial charge in [-0.1, -0.05) is 6.92 Å². The van der Waals surface area contributed by atoms with Crippen LogP contribution >= 0.6 is 11.3 Å². The Labute approximate surface area is 148 Å². The molecule has 134 valence electrons. The molecule has 2 saturated heterocycles. The first kappa shape index (κ1) is 17.0. The summed E-state index contributed by atoms with van der Waals surface area (Å²) in [5.41, 5.74) is 0.853. The molecule has 4 heterocycles. The van der Waals surface area contributed by atoms with Gasteiger partial charge in [0.1, 0.15) is 0 Å². The topological polar surface area (TPSA) is 41.9 Å². The molecule has 2 fully saturated rings. The van der Waals surface area contributed by atoms with Gasteiger partial charge in [-0.2, -0.15) is 0 Å². The second-order valence-electron chi connectivity index (χ2n) is 7.61. The van der Waals surface area contributed by atoms with Crippen molar-refractivity contribution in [3.63, 3.8) is 0 Å². The number of thiophene rings is 1. The molecule has 1 N–H and O–H groups in total. The molecule has 0 bridgehead atoms. The van der Waals surface area contributed by atoms with E-state index in [2.05, 4.69) is 17.9 Å². The van der Waals surface area contributed by atoms with Crippen molar-refractivity contribution in [3.05, 3.63) is 21.4 Å². The maximum atomic E-state index is 10.8. The Morgan fingerprint density at radius 3 is 2.62 bits per heavy atom. The zero-order valence-electron chi connectivity index (χ0n) is 14.7. The van der Waals surface area contributed by atoms with Gasteiger partial charge in [0.25, 0.3) is 0 Å². The Balaban J connectivity index is 1.44. The van der Waals surface area contributed by atoms with Crippen LogP contribution < -0.4 is 0 Å². The molecular weight excluding hydrogens is 322 g/mol. The van der Waals surface area contributed by atoms with Crippen molar-refractivity contribution in [2.45, 2.75) is 56.7 Å². The fourth-order valence-electron chi connectivity index (χ4n) is 4.46. The molecule has 0 aliphatic carbocycles. The van der Waals surface area contributed by atoms with E-state index < -0.39 is 5.60 Å². The molecule has 1 spiro atoms. The molecule has 1 aromatic heterocycles. The van der Waals surface area contributed by atoms with Crippen LogP contribution in [0.15, 0.2) is 6.07 Å². The van der Waals surface area contributed by atoms with Crippen molar-refractivity contribution in [1.82, 2.24) is 4.90 Å². The van der Waals surface area contributed by atoms with Crippen LogP contribution in [0, 0.1) is 0 Å². The molecular formula is C19H29NO3S. The van der Waals surface area contributed by atoms with Crippen LogP contribution in [0.1, 0.15) is 47.9 Å². The molecule has 4 rings (SSSR count). The largest absolute Gasteiger partial charge is 0.388 e. The quantitative estimate of drug-likeness (QED) is 0.909. The van der Waals surface area contributed by atoms with Crippen molar-refractivity contribution < 1.29 is 14.6 Å². The van der Waals surface area contributed by atoms with E-state index in [1.165, 1.54) is 10.4 Å². The third-order valence-corrected chi connectivity index (χ3v) is 7.35. The van der Waals surface area contributed by atoms with Gasteiger partial charge in [-0.05, 0) is 30.9 Å². The lowest BCUT2D eigenvalue weighted by Gasteiger charge is -2.46. The number of rotatable bonds is 3. The predicted molar refractivity (Wildman–Crippen MR) is 95.7 cm³/mol. The predicted octanol–water partition coefficient (Wildman–Crippen LogP) is 2.72. The normalized spacial score (nSPS) is 26.4. The minimum absolute atomic E-state index is 0.0632. The van der Waals surface area contributed by atoms with Crippen LogP contribution in [0.2, 0.25) is 0 Å². The van der Waals surface area contributed by atoms with Crippen molar-refractivity contribution in [3.8, 4) is 0 Å². The summed E-state index contributed by atoms with van der Waals surface area (Å²) in [5, 5.41) is 10.8. The number of aliphatic hydroxyl groups is 1. The fraction of sp³-hybridized carbons (Fsp3) is 0.789. The summed E-state index contributed by atoms with van der Waals surface area (Å²) in [4.78, 5) is 5.47. The Bertz CT molecular complexity index is 571. The Kier molecular flexibility index (Phi) is 4.73. The number of piperidine rings is 1. The highest BCUT2D eigenvalue weighted by atomic mass is 32.1. The Morgan fingerprint density at radius 1 is 1.17 bits per heavy atom. The van der Waals surface area contributed by atoms with E-state index in [-0.39, 0.29) is 5.60 Å². The lowest BCUT2D eigenvalue weighted by atomic mass is 9.81. The zero-order chi connectivity index (χ0) is 16.6. The van der Waals surface area contributed by atoms with Gasteiger partial charge in [-0.3, -0.25) is 0 Å². The monoisotopic (exact) mass is 351 g/mol. The number of β-amino-alcohol motifs (C(OH)–C–C–N with tert-alkyl or cyclic N) is 1. The van der Waals surface area contributed by atoms with Crippen LogP contribution in [-0.2, 0) is 27.9 Å². The van der Waals surface area contributed by atoms with Crippen LogP contribution in [0.5, 0.6) is 0 Å². The molecule has 1 aromatic rings. The molecule has 3 aliphatic heterocycles. The lowest BCUT2D eigenvalue weighted by molar-refractivity contribution is -0.118. The molecule has 0 saturated carbocycles. The van der Waals surface area contributed by atoms with Gasteiger partial charge in [0, 0.05) is 61.9 Å². The van der Waals surface area contributed by atoms with Crippen molar-refractivity contribution in [2.75, 3.05) is 39.5 Å². The number of nitrogens with zero attached hydrogens (tertiary/aromatic N) is 1. The van der Waals surface area contributed by atoms with Gasteiger partial charge in [0.05, 0.1) is 17.8 Å². The Hall–Kier alpha value is -0.460. The smallest absolute Gasteiger partial charge is 0.0966 e. The number of hydrogen-bond acceptors (Lipinski definition) is 5. The number of ether oxygens (including phenoxy) is 2. The van der Waals surface area contributed by atoms with E-state index in [9.17, 15) is 5.11 Å². The average Bonchev–Trinajstić information content (AvgIpc) is 3.03. The summed E-state index contributed by atoms with van der Waals surface area (Å²) in [6, 6.07) is 2.40. The van der Waals surface area contributed by atoms with E-state index in [1.807, 2.05) is 11.3 Å². The molecule has 24 heavy (non-hydrogen) atoms. The maximum Gasteiger partial charge on any atom is 0.0966 e. The summed E-state index contributed by atoms with van der Waals surface area (Å²) in [6.07, 6.45) is 5.82. The van der Waals surface area contributed by atoms with Gasteiger partial charge in [-0.25, -0.2) is 0 Å². The van der Waals surface area contributed by atoms with Gasteiger partial charge < -0.3 is 19.5 Å². The maximum absolute atomic E-state index is 10.8. The first-order valence-electron chi connectivity index (χ1n) is 9.41. The van der Waals surface area contributed by atoms with Gasteiger partial charge in [-0.15, -0.1) is 11.3 Å². The molecule has 4 nitrogen and oxygen atoms in total. The first-order valence-corrected chi connectivity index (χ1v) is 10.2. The molecule has 0 unspecified atom stereocenters. The highest BCUT2D eigenvalue weighted by molar-refractivity contribution is 7.12. The average molecular weight is 352 g/mol. The first-order chi connectivity index (χ1) is 11.6. The Morgan fingerprint density at radius 2 is 1.92 bits per heavy atom. The van der Waals surface area contributed by atoms with Gasteiger partial charge >= 0.3 is 0 Å². The summed E-state index contributed by atoms with van der Waals surface area (Å²) in [6.45, 7) is 7.29. The van der Waals surface area contributed by atoms with Crippen molar-refractivity contribution >= 4 is 11.3 Å². The van der Waals surface area contributed by atoms with Crippen molar-refractivity contribution in [2.24, 2.45) is 0 Å². The summed E-state index contributed by atoms with van der Waals surface area (Å²) in [7, 11) is 0. The van der Waals surface area contributed by atoms with Crippen LogP contribution in [0.25, 0.3) is 0 Å². The third kappa shape index (κ3) is 3.17. The zero-order valence-corrected chi connectivity index (χ0v) is 15.5. The molecule has 5 heteroatoms. The van der Waals surface area contributed by atoms with E-state index in [0.29, 0.717) is 13.2 Å². The number of hydrogen-bond donors (Lipinski definition) is 1.